The first-order valence-electron chi connectivity index (χ1n) is 9.38. The molecule has 26 heavy (non-hydrogen) atoms. The van der Waals surface area contributed by atoms with Gasteiger partial charge in [-0.05, 0) is 45.6 Å². The predicted octanol–water partition coefficient (Wildman–Crippen LogP) is 3.53. The summed E-state index contributed by atoms with van der Waals surface area (Å²) in [7, 11) is 0. The van der Waals surface area contributed by atoms with E-state index in [-0.39, 0.29) is 30.8 Å². The van der Waals surface area contributed by atoms with Crippen molar-refractivity contribution in [3.8, 4) is 0 Å². The fraction of sp³-hybridized carbons (Fsp3) is 0.700. The van der Waals surface area contributed by atoms with E-state index in [1.54, 1.807) is 13.8 Å². The number of aliphatic hydroxyl groups is 1. The summed E-state index contributed by atoms with van der Waals surface area (Å²) >= 11 is 0. The summed E-state index contributed by atoms with van der Waals surface area (Å²) in [6.07, 6.45) is 6.09. The number of hydrogen-bond donors (Lipinski definition) is 1. The number of fused-ring (bicyclic) bond motifs is 1. The molecule has 0 aromatic heterocycles. The van der Waals surface area contributed by atoms with Crippen molar-refractivity contribution in [2.45, 2.75) is 71.2 Å². The highest BCUT2D eigenvalue weighted by atomic mass is 16.7. The van der Waals surface area contributed by atoms with Gasteiger partial charge in [-0.1, -0.05) is 25.2 Å². The van der Waals surface area contributed by atoms with Gasteiger partial charge in [0.1, 0.15) is 12.2 Å². The smallest absolute Gasteiger partial charge is 0.458 e. The van der Waals surface area contributed by atoms with Crippen LogP contribution in [0.1, 0.15) is 53.4 Å². The fourth-order valence-corrected chi connectivity index (χ4v) is 3.85. The molecule has 0 aromatic carbocycles. The lowest BCUT2D eigenvalue weighted by atomic mass is 9.72. The van der Waals surface area contributed by atoms with E-state index in [2.05, 4.69) is 6.08 Å². The van der Waals surface area contributed by atoms with Gasteiger partial charge in [0.2, 0.25) is 0 Å². The molecule has 0 fully saturated rings. The Balaban J connectivity index is 2.26. The van der Waals surface area contributed by atoms with Crippen LogP contribution in [0.25, 0.3) is 0 Å². The van der Waals surface area contributed by atoms with Crippen LogP contribution in [0.3, 0.4) is 0 Å². The van der Waals surface area contributed by atoms with Crippen molar-refractivity contribution < 1.29 is 28.9 Å². The quantitative estimate of drug-likeness (QED) is 0.608. The van der Waals surface area contributed by atoms with Crippen molar-refractivity contribution in [1.82, 2.24) is 0 Å². The summed E-state index contributed by atoms with van der Waals surface area (Å²) in [5.41, 5.74) is -0.0817. The molecule has 0 bridgehead atoms. The first-order valence-corrected chi connectivity index (χ1v) is 9.38. The molecule has 0 aromatic rings. The van der Waals surface area contributed by atoms with Crippen molar-refractivity contribution in [2.75, 3.05) is 6.61 Å². The van der Waals surface area contributed by atoms with Crippen LogP contribution in [-0.4, -0.2) is 41.6 Å². The van der Waals surface area contributed by atoms with Gasteiger partial charge in [0, 0.05) is 18.3 Å². The van der Waals surface area contributed by atoms with E-state index in [0.29, 0.717) is 12.8 Å². The summed E-state index contributed by atoms with van der Waals surface area (Å²) in [5, 5.41) is 11.2. The van der Waals surface area contributed by atoms with Crippen LogP contribution in [0, 0.1) is 11.8 Å². The second-order valence-corrected chi connectivity index (χ2v) is 7.21. The number of allylic oxidation sites excluding steroid dienone is 1. The molecule has 5 atom stereocenters. The zero-order chi connectivity index (χ0) is 19.3. The number of cyclic esters (lactones) is 1. The normalized spacial score (nSPS) is 35.3. The Hall–Kier alpha value is -1.82. The molecule has 1 N–H and O–H groups in total. The molecule has 1 aliphatic heterocycles. The van der Waals surface area contributed by atoms with E-state index < -0.39 is 24.0 Å². The number of hydrogen-bond acceptors (Lipinski definition) is 6. The van der Waals surface area contributed by atoms with Crippen LogP contribution in [0.4, 0.5) is 4.79 Å². The van der Waals surface area contributed by atoms with E-state index in [0.717, 1.165) is 12.0 Å². The Labute approximate surface area is 155 Å². The zero-order valence-corrected chi connectivity index (χ0v) is 16.1. The molecule has 1 aliphatic carbocycles. The molecule has 4 unspecified atom stereocenters. The van der Waals surface area contributed by atoms with Crippen LogP contribution < -0.4 is 0 Å². The van der Waals surface area contributed by atoms with Crippen molar-refractivity contribution in [3.05, 3.63) is 23.8 Å². The molecule has 0 spiro atoms. The molecule has 1 heterocycles. The largest absolute Gasteiger partial charge is 0.508 e. The first kappa shape index (κ1) is 20.5. The molecular formula is C20H30O6. The van der Waals surface area contributed by atoms with Crippen LogP contribution in [0.15, 0.2) is 23.8 Å². The molecule has 6 heteroatoms. The number of rotatable bonds is 3. The Morgan fingerprint density at radius 3 is 2.92 bits per heavy atom. The van der Waals surface area contributed by atoms with Crippen molar-refractivity contribution in [2.24, 2.45) is 11.8 Å². The lowest BCUT2D eigenvalue weighted by molar-refractivity contribution is -0.159. The molecule has 2 aliphatic rings. The number of ether oxygens (including phenoxy) is 3. The van der Waals surface area contributed by atoms with E-state index >= 15 is 0 Å². The van der Waals surface area contributed by atoms with Crippen LogP contribution in [0.5, 0.6) is 0 Å². The van der Waals surface area contributed by atoms with Gasteiger partial charge < -0.3 is 19.3 Å². The third-order valence-electron chi connectivity index (χ3n) is 5.32. The summed E-state index contributed by atoms with van der Waals surface area (Å²) < 4.78 is 15.7. The molecule has 146 valence electrons. The Kier molecular flexibility index (Phi) is 6.87. The maximum Gasteiger partial charge on any atom is 0.508 e. The van der Waals surface area contributed by atoms with Crippen LogP contribution in [0.2, 0.25) is 0 Å². The highest BCUT2D eigenvalue weighted by Crippen LogP contribution is 2.39. The van der Waals surface area contributed by atoms with Gasteiger partial charge in [-0.25, -0.2) is 4.79 Å². The summed E-state index contributed by atoms with van der Waals surface area (Å²) in [5.74, 6) is -0.676. The highest BCUT2D eigenvalue weighted by molar-refractivity contribution is 5.70. The minimum Gasteiger partial charge on any atom is -0.458 e. The Morgan fingerprint density at radius 1 is 1.50 bits per heavy atom. The van der Waals surface area contributed by atoms with E-state index in [1.807, 2.05) is 26.0 Å². The predicted molar refractivity (Wildman–Crippen MR) is 96.4 cm³/mol. The molecule has 0 amide bonds. The highest BCUT2D eigenvalue weighted by Gasteiger charge is 2.40. The number of carbonyl (C=O) groups is 2. The lowest BCUT2D eigenvalue weighted by Crippen LogP contribution is -2.43. The standard InChI is InChI=1S/C20H30O6/c1-5-24-19(22)25-15(4)18-13(2)12-14(3)20(23)11-7-6-8-16(20)9-10-17(21)26-18/h6,8,12-13,15-16,18,23H,5,7,9-11H2,1-4H3/b14-12+/t13?,15?,16?,18?,20-/m0/s1. The third kappa shape index (κ3) is 4.67. The molecule has 2 rings (SSSR count). The molecule has 0 saturated heterocycles. The molecule has 0 saturated carbocycles. The van der Waals surface area contributed by atoms with E-state index in [9.17, 15) is 14.7 Å². The summed E-state index contributed by atoms with van der Waals surface area (Å²) in [4.78, 5) is 23.9. The monoisotopic (exact) mass is 366 g/mol. The van der Waals surface area contributed by atoms with E-state index in [4.69, 9.17) is 14.2 Å². The average Bonchev–Trinajstić information content (AvgIpc) is 2.58. The maximum atomic E-state index is 12.3. The van der Waals surface area contributed by atoms with Gasteiger partial charge >= 0.3 is 12.1 Å². The minimum atomic E-state index is -0.948. The van der Waals surface area contributed by atoms with Crippen LogP contribution >= 0.6 is 0 Å². The van der Waals surface area contributed by atoms with Crippen molar-refractivity contribution in [3.63, 3.8) is 0 Å². The van der Waals surface area contributed by atoms with Crippen LogP contribution in [-0.2, 0) is 19.0 Å². The topological polar surface area (TPSA) is 82.1 Å². The maximum absolute atomic E-state index is 12.3. The second-order valence-electron chi connectivity index (χ2n) is 7.21. The zero-order valence-electron chi connectivity index (χ0n) is 16.1. The van der Waals surface area contributed by atoms with Gasteiger partial charge in [0.15, 0.2) is 0 Å². The van der Waals surface area contributed by atoms with Gasteiger partial charge in [-0.15, -0.1) is 0 Å². The van der Waals surface area contributed by atoms with E-state index in [1.165, 1.54) is 0 Å². The molecule has 0 radical (unpaired) electrons. The third-order valence-corrected chi connectivity index (χ3v) is 5.32. The Morgan fingerprint density at radius 2 is 2.23 bits per heavy atom. The second kappa shape index (κ2) is 8.71. The summed E-state index contributed by atoms with van der Waals surface area (Å²) in [6.45, 7) is 7.40. The first-order chi connectivity index (χ1) is 12.3. The van der Waals surface area contributed by atoms with Gasteiger partial charge in [0.25, 0.3) is 0 Å². The lowest BCUT2D eigenvalue weighted by Gasteiger charge is -2.40. The summed E-state index contributed by atoms with van der Waals surface area (Å²) in [6, 6.07) is 0. The Bertz CT molecular complexity index is 581. The molecule has 6 nitrogen and oxygen atoms in total. The number of esters is 1. The van der Waals surface area contributed by atoms with Gasteiger partial charge in [0.05, 0.1) is 12.2 Å². The van der Waals surface area contributed by atoms with Crippen molar-refractivity contribution in [1.29, 1.82) is 0 Å². The molecular weight excluding hydrogens is 336 g/mol. The SMILES string of the molecule is CCOC(=O)OC(C)C1OC(=O)CCC2C=CCC[C@]2(O)/C(C)=C/C1C. The van der Waals surface area contributed by atoms with Gasteiger partial charge in [-0.3, -0.25) is 4.79 Å². The number of carbonyl (C=O) groups excluding carboxylic acids is 2. The van der Waals surface area contributed by atoms with Crippen molar-refractivity contribution >= 4 is 12.1 Å². The van der Waals surface area contributed by atoms with Gasteiger partial charge in [-0.2, -0.15) is 0 Å². The minimum absolute atomic E-state index is 0.1000. The fourth-order valence-electron chi connectivity index (χ4n) is 3.85. The average molecular weight is 366 g/mol.